The second kappa shape index (κ2) is 7.64. The van der Waals surface area contributed by atoms with Crippen LogP contribution in [0.25, 0.3) is 0 Å². The van der Waals surface area contributed by atoms with Crippen LogP contribution in [-0.2, 0) is 17.6 Å². The Morgan fingerprint density at radius 1 is 1.05 bits per heavy atom. The van der Waals surface area contributed by atoms with Crippen LogP contribution in [0.3, 0.4) is 0 Å². The Kier molecular flexibility index (Phi) is 5.59. The molecule has 0 spiro atoms. The van der Waals surface area contributed by atoms with Crippen LogP contribution in [0.2, 0.25) is 0 Å². The van der Waals surface area contributed by atoms with Crippen molar-refractivity contribution in [2.45, 2.75) is 32.7 Å². The van der Waals surface area contributed by atoms with Gasteiger partial charge in [0.15, 0.2) is 0 Å². The van der Waals surface area contributed by atoms with Gasteiger partial charge in [0.1, 0.15) is 5.75 Å². The highest BCUT2D eigenvalue weighted by Gasteiger charge is 2.10. The smallest absolute Gasteiger partial charge is 0.224 e. The molecular weight excluding hydrogens is 274 g/mol. The quantitative estimate of drug-likeness (QED) is 0.883. The molecule has 0 fully saturated rings. The molecule has 0 aromatic heterocycles. The van der Waals surface area contributed by atoms with Crippen molar-refractivity contribution in [3.8, 4) is 5.75 Å². The number of benzene rings is 2. The number of hydrogen-bond acceptors (Lipinski definition) is 2. The van der Waals surface area contributed by atoms with E-state index >= 15 is 0 Å². The summed E-state index contributed by atoms with van der Waals surface area (Å²) in [6.07, 6.45) is 1.42. The van der Waals surface area contributed by atoms with E-state index in [4.69, 9.17) is 4.74 Å². The van der Waals surface area contributed by atoms with E-state index < -0.39 is 0 Å². The fraction of sp³-hybridized carbons (Fsp3) is 0.316. The number of aryl methyl sites for hydroxylation is 1. The third kappa shape index (κ3) is 4.35. The van der Waals surface area contributed by atoms with E-state index in [-0.39, 0.29) is 11.9 Å². The van der Waals surface area contributed by atoms with Gasteiger partial charge in [0.25, 0.3) is 0 Å². The second-order valence-electron chi connectivity index (χ2n) is 5.41. The average molecular weight is 297 g/mol. The van der Waals surface area contributed by atoms with Gasteiger partial charge in [0.2, 0.25) is 5.91 Å². The van der Waals surface area contributed by atoms with Gasteiger partial charge in [-0.2, -0.15) is 0 Å². The highest BCUT2D eigenvalue weighted by molar-refractivity contribution is 5.79. The van der Waals surface area contributed by atoms with Crippen LogP contribution in [0.1, 0.15) is 36.6 Å². The van der Waals surface area contributed by atoms with Crippen LogP contribution in [0.4, 0.5) is 0 Å². The lowest BCUT2D eigenvalue weighted by molar-refractivity contribution is -0.121. The summed E-state index contributed by atoms with van der Waals surface area (Å²) < 4.78 is 5.14. The first-order valence-corrected chi connectivity index (χ1v) is 7.63. The topological polar surface area (TPSA) is 38.3 Å². The zero-order valence-corrected chi connectivity index (χ0v) is 13.4. The van der Waals surface area contributed by atoms with Crippen molar-refractivity contribution in [2.75, 3.05) is 7.11 Å². The number of nitrogens with one attached hydrogen (secondary N) is 1. The molecule has 0 heterocycles. The summed E-state index contributed by atoms with van der Waals surface area (Å²) in [5.74, 6) is 0.853. The summed E-state index contributed by atoms with van der Waals surface area (Å²) in [4.78, 5) is 12.1. The molecule has 0 bridgehead atoms. The van der Waals surface area contributed by atoms with Gasteiger partial charge in [-0.3, -0.25) is 4.79 Å². The van der Waals surface area contributed by atoms with Crippen LogP contribution < -0.4 is 10.1 Å². The van der Waals surface area contributed by atoms with Gasteiger partial charge in [-0.25, -0.2) is 0 Å². The Morgan fingerprint density at radius 2 is 1.64 bits per heavy atom. The Bertz CT molecular complexity index is 602. The van der Waals surface area contributed by atoms with E-state index in [0.29, 0.717) is 6.42 Å². The molecule has 1 atom stereocenters. The van der Waals surface area contributed by atoms with Crippen molar-refractivity contribution in [2.24, 2.45) is 0 Å². The predicted octanol–water partition coefficient (Wildman–Crippen LogP) is 3.68. The lowest BCUT2D eigenvalue weighted by Gasteiger charge is -2.15. The van der Waals surface area contributed by atoms with Gasteiger partial charge in [-0.15, -0.1) is 0 Å². The van der Waals surface area contributed by atoms with Crippen molar-refractivity contribution >= 4 is 5.91 Å². The Hall–Kier alpha value is -2.29. The SMILES string of the molecule is CCc1ccc(CC(=O)N[C@@H](C)c2ccc(OC)cc2)cc1. The monoisotopic (exact) mass is 297 g/mol. The van der Waals surface area contributed by atoms with Gasteiger partial charge in [-0.05, 0) is 42.2 Å². The number of carbonyl (C=O) groups is 1. The van der Waals surface area contributed by atoms with E-state index in [0.717, 1.165) is 23.3 Å². The molecule has 1 N–H and O–H groups in total. The van der Waals surface area contributed by atoms with Crippen molar-refractivity contribution in [1.82, 2.24) is 5.32 Å². The van der Waals surface area contributed by atoms with Crippen LogP contribution in [0.15, 0.2) is 48.5 Å². The zero-order chi connectivity index (χ0) is 15.9. The summed E-state index contributed by atoms with van der Waals surface area (Å²) in [5, 5.41) is 3.03. The van der Waals surface area contributed by atoms with Crippen LogP contribution in [0.5, 0.6) is 5.75 Å². The summed E-state index contributed by atoms with van der Waals surface area (Å²) in [7, 11) is 1.64. The molecule has 1 amide bonds. The normalized spacial score (nSPS) is 11.8. The van der Waals surface area contributed by atoms with Crippen LogP contribution >= 0.6 is 0 Å². The number of carbonyl (C=O) groups excluding carboxylic acids is 1. The number of rotatable bonds is 6. The molecule has 0 radical (unpaired) electrons. The fourth-order valence-corrected chi connectivity index (χ4v) is 2.35. The van der Waals surface area contributed by atoms with Crippen LogP contribution in [-0.4, -0.2) is 13.0 Å². The van der Waals surface area contributed by atoms with Gasteiger partial charge in [0, 0.05) is 0 Å². The molecule has 0 saturated heterocycles. The lowest BCUT2D eigenvalue weighted by atomic mass is 10.1. The number of ether oxygens (including phenoxy) is 1. The molecule has 116 valence electrons. The van der Waals surface area contributed by atoms with E-state index in [2.05, 4.69) is 24.4 Å². The van der Waals surface area contributed by atoms with Crippen molar-refractivity contribution in [1.29, 1.82) is 0 Å². The molecular formula is C19H23NO2. The molecule has 0 saturated carbocycles. The standard InChI is InChI=1S/C19H23NO2/c1-4-15-5-7-16(8-6-15)13-19(21)20-14(2)17-9-11-18(22-3)12-10-17/h5-12,14H,4,13H2,1-3H3,(H,20,21)/t14-/m0/s1. The molecule has 0 aliphatic carbocycles. The Morgan fingerprint density at radius 3 is 2.18 bits per heavy atom. The summed E-state index contributed by atoms with van der Waals surface area (Å²) >= 11 is 0. The van der Waals surface area contributed by atoms with Gasteiger partial charge >= 0.3 is 0 Å². The average Bonchev–Trinajstić information content (AvgIpc) is 2.55. The molecule has 2 aromatic carbocycles. The summed E-state index contributed by atoms with van der Waals surface area (Å²) in [5.41, 5.74) is 3.39. The molecule has 3 heteroatoms. The van der Waals surface area contributed by atoms with Crippen LogP contribution in [0, 0.1) is 0 Å². The lowest BCUT2D eigenvalue weighted by Crippen LogP contribution is -2.28. The molecule has 22 heavy (non-hydrogen) atoms. The fourth-order valence-electron chi connectivity index (χ4n) is 2.35. The van der Waals surface area contributed by atoms with Crippen molar-refractivity contribution in [3.63, 3.8) is 0 Å². The first-order valence-electron chi connectivity index (χ1n) is 7.63. The second-order valence-corrected chi connectivity index (χ2v) is 5.41. The molecule has 2 rings (SSSR count). The number of hydrogen-bond donors (Lipinski definition) is 1. The van der Waals surface area contributed by atoms with Gasteiger partial charge in [-0.1, -0.05) is 43.3 Å². The minimum Gasteiger partial charge on any atom is -0.497 e. The highest BCUT2D eigenvalue weighted by atomic mass is 16.5. The molecule has 2 aromatic rings. The number of methoxy groups -OCH3 is 1. The van der Waals surface area contributed by atoms with Crippen molar-refractivity contribution < 1.29 is 9.53 Å². The maximum absolute atomic E-state index is 12.1. The predicted molar refractivity (Wildman–Crippen MR) is 89.1 cm³/mol. The van der Waals surface area contributed by atoms with E-state index in [9.17, 15) is 4.79 Å². The minimum absolute atomic E-state index is 0.0201. The van der Waals surface area contributed by atoms with E-state index in [1.807, 2.05) is 43.3 Å². The van der Waals surface area contributed by atoms with E-state index in [1.54, 1.807) is 7.11 Å². The maximum Gasteiger partial charge on any atom is 0.224 e. The van der Waals surface area contributed by atoms with Gasteiger partial charge in [0.05, 0.1) is 19.6 Å². The first-order chi connectivity index (χ1) is 10.6. The molecule has 0 aliphatic heterocycles. The Labute approximate surface area is 132 Å². The zero-order valence-electron chi connectivity index (χ0n) is 13.4. The molecule has 3 nitrogen and oxygen atoms in total. The Balaban J connectivity index is 1.92. The van der Waals surface area contributed by atoms with Crippen molar-refractivity contribution in [3.05, 3.63) is 65.2 Å². The minimum atomic E-state index is -0.0201. The third-order valence-electron chi connectivity index (χ3n) is 3.79. The largest absolute Gasteiger partial charge is 0.497 e. The molecule has 0 aliphatic rings. The van der Waals surface area contributed by atoms with Gasteiger partial charge < -0.3 is 10.1 Å². The third-order valence-corrected chi connectivity index (χ3v) is 3.79. The molecule has 0 unspecified atom stereocenters. The summed E-state index contributed by atoms with van der Waals surface area (Å²) in [6.45, 7) is 4.11. The first kappa shape index (κ1) is 16.1. The maximum atomic E-state index is 12.1. The number of amides is 1. The summed E-state index contributed by atoms with van der Waals surface area (Å²) in [6, 6.07) is 15.9. The highest BCUT2D eigenvalue weighted by Crippen LogP contribution is 2.17. The van der Waals surface area contributed by atoms with E-state index in [1.165, 1.54) is 5.56 Å².